The van der Waals surface area contributed by atoms with Gasteiger partial charge in [-0.1, -0.05) is 12.1 Å². The molecule has 0 aliphatic rings. The average Bonchev–Trinajstić information content (AvgIpc) is 2.52. The Balaban J connectivity index is 1.86. The maximum atomic E-state index is 6.15. The van der Waals surface area contributed by atoms with Gasteiger partial charge in [-0.05, 0) is 36.8 Å². The van der Waals surface area contributed by atoms with Gasteiger partial charge in [0.1, 0.15) is 12.0 Å². The van der Waals surface area contributed by atoms with E-state index in [4.69, 9.17) is 5.73 Å². The first-order valence-electron chi connectivity index (χ1n) is 6.83. The fourth-order valence-corrected chi connectivity index (χ4v) is 2.03. The van der Waals surface area contributed by atoms with Crippen molar-refractivity contribution in [2.24, 2.45) is 0 Å². The lowest BCUT2D eigenvalue weighted by Gasteiger charge is -2.12. The largest absolute Gasteiger partial charge is 0.393 e. The minimum absolute atomic E-state index is 0.452. The van der Waals surface area contributed by atoms with Crippen LogP contribution in [0, 0.1) is 6.92 Å². The van der Waals surface area contributed by atoms with E-state index in [1.165, 1.54) is 6.33 Å². The molecule has 0 unspecified atom stereocenters. The van der Waals surface area contributed by atoms with E-state index in [9.17, 15) is 0 Å². The molecule has 4 N–H and O–H groups in total. The van der Waals surface area contributed by atoms with Crippen LogP contribution in [-0.2, 0) is 0 Å². The predicted molar refractivity (Wildman–Crippen MR) is 88.4 cm³/mol. The van der Waals surface area contributed by atoms with Crippen LogP contribution in [0.25, 0.3) is 0 Å². The second kappa shape index (κ2) is 6.09. The van der Waals surface area contributed by atoms with Crippen molar-refractivity contribution < 1.29 is 0 Å². The number of hydrogen-bond donors (Lipinski definition) is 3. The van der Waals surface area contributed by atoms with Gasteiger partial charge in [-0.25, -0.2) is 9.97 Å². The first-order chi connectivity index (χ1) is 10.7. The summed E-state index contributed by atoms with van der Waals surface area (Å²) in [4.78, 5) is 12.4. The number of nitrogens with one attached hydrogen (secondary N) is 2. The molecule has 6 nitrogen and oxygen atoms in total. The normalized spacial score (nSPS) is 10.2. The summed E-state index contributed by atoms with van der Waals surface area (Å²) in [6.45, 7) is 2.03. The zero-order chi connectivity index (χ0) is 15.4. The third-order valence-electron chi connectivity index (χ3n) is 3.09. The third kappa shape index (κ3) is 3.12. The van der Waals surface area contributed by atoms with Crippen LogP contribution in [0.2, 0.25) is 0 Å². The van der Waals surface area contributed by atoms with Crippen molar-refractivity contribution in [2.75, 3.05) is 16.4 Å². The number of pyridine rings is 1. The highest BCUT2D eigenvalue weighted by Gasteiger charge is 2.08. The van der Waals surface area contributed by atoms with E-state index in [1.807, 2.05) is 43.3 Å². The number of aromatic nitrogens is 3. The van der Waals surface area contributed by atoms with E-state index in [0.29, 0.717) is 17.3 Å². The van der Waals surface area contributed by atoms with Crippen molar-refractivity contribution in [3.63, 3.8) is 0 Å². The minimum atomic E-state index is 0.452. The molecule has 0 spiro atoms. The van der Waals surface area contributed by atoms with Crippen molar-refractivity contribution in [1.82, 2.24) is 15.0 Å². The number of anilines is 5. The standard InChI is InChI=1S/C16H16N6/c1-11-4-2-5-12(8-11)21-15-14(17)16(20-10-19-15)22-13-6-3-7-18-9-13/h2-10H,17H2,1H3,(H2,19,20,21,22). The SMILES string of the molecule is Cc1cccc(Nc2ncnc(Nc3cccnc3)c2N)c1. The van der Waals surface area contributed by atoms with Crippen LogP contribution in [0.15, 0.2) is 55.1 Å². The number of nitrogen functional groups attached to an aromatic ring is 1. The predicted octanol–water partition coefficient (Wildman–Crippen LogP) is 3.25. The number of rotatable bonds is 4. The summed E-state index contributed by atoms with van der Waals surface area (Å²) in [5.74, 6) is 1.10. The highest BCUT2D eigenvalue weighted by molar-refractivity contribution is 5.80. The van der Waals surface area contributed by atoms with Crippen LogP contribution in [0.5, 0.6) is 0 Å². The molecule has 3 rings (SSSR count). The summed E-state index contributed by atoms with van der Waals surface area (Å²) in [6, 6.07) is 11.7. The fraction of sp³-hybridized carbons (Fsp3) is 0.0625. The maximum absolute atomic E-state index is 6.15. The highest BCUT2D eigenvalue weighted by atomic mass is 15.1. The molecular weight excluding hydrogens is 276 g/mol. The molecule has 0 saturated carbocycles. The molecule has 0 atom stereocenters. The van der Waals surface area contributed by atoms with Gasteiger partial charge in [-0.3, -0.25) is 4.98 Å². The maximum Gasteiger partial charge on any atom is 0.159 e. The smallest absolute Gasteiger partial charge is 0.159 e. The quantitative estimate of drug-likeness (QED) is 0.684. The van der Waals surface area contributed by atoms with Gasteiger partial charge < -0.3 is 16.4 Å². The summed E-state index contributed by atoms with van der Waals surface area (Å²) in [5, 5.41) is 6.34. The van der Waals surface area contributed by atoms with E-state index in [0.717, 1.165) is 16.9 Å². The molecule has 0 saturated heterocycles. The molecule has 22 heavy (non-hydrogen) atoms. The highest BCUT2D eigenvalue weighted by Crippen LogP contribution is 2.27. The van der Waals surface area contributed by atoms with E-state index in [2.05, 4.69) is 25.6 Å². The first kappa shape index (κ1) is 13.8. The second-order valence-corrected chi connectivity index (χ2v) is 4.85. The van der Waals surface area contributed by atoms with E-state index in [1.54, 1.807) is 12.4 Å². The molecule has 0 aliphatic heterocycles. The van der Waals surface area contributed by atoms with Crippen LogP contribution in [-0.4, -0.2) is 15.0 Å². The van der Waals surface area contributed by atoms with Crippen molar-refractivity contribution in [3.05, 3.63) is 60.7 Å². The molecule has 6 heteroatoms. The summed E-state index contributed by atoms with van der Waals surface area (Å²) in [7, 11) is 0. The molecule has 110 valence electrons. The zero-order valence-corrected chi connectivity index (χ0v) is 12.1. The van der Waals surface area contributed by atoms with E-state index < -0.39 is 0 Å². The van der Waals surface area contributed by atoms with Gasteiger partial charge in [0.05, 0.1) is 11.9 Å². The molecule has 0 fully saturated rings. The Bertz CT molecular complexity index is 773. The van der Waals surface area contributed by atoms with E-state index in [-0.39, 0.29) is 0 Å². The van der Waals surface area contributed by atoms with Crippen LogP contribution >= 0.6 is 0 Å². The molecule has 2 aromatic heterocycles. The van der Waals surface area contributed by atoms with Gasteiger partial charge in [0.25, 0.3) is 0 Å². The van der Waals surface area contributed by atoms with Crippen LogP contribution in [0.1, 0.15) is 5.56 Å². The zero-order valence-electron chi connectivity index (χ0n) is 12.1. The van der Waals surface area contributed by atoms with Gasteiger partial charge in [0.15, 0.2) is 11.6 Å². The molecule has 1 aromatic carbocycles. The Kier molecular flexibility index (Phi) is 3.82. The van der Waals surface area contributed by atoms with Crippen molar-refractivity contribution >= 4 is 28.7 Å². The van der Waals surface area contributed by atoms with Crippen molar-refractivity contribution in [2.45, 2.75) is 6.92 Å². The van der Waals surface area contributed by atoms with Gasteiger partial charge in [0, 0.05) is 11.9 Å². The van der Waals surface area contributed by atoms with Gasteiger partial charge >= 0.3 is 0 Å². The lowest BCUT2D eigenvalue weighted by molar-refractivity contribution is 1.17. The monoisotopic (exact) mass is 292 g/mol. The Morgan fingerprint density at radius 3 is 2.36 bits per heavy atom. The molecular formula is C16H16N6. The molecule has 0 amide bonds. The fourth-order valence-electron chi connectivity index (χ4n) is 2.03. The summed E-state index contributed by atoms with van der Waals surface area (Å²) < 4.78 is 0. The first-order valence-corrected chi connectivity index (χ1v) is 6.83. The minimum Gasteiger partial charge on any atom is -0.393 e. The number of nitrogens with two attached hydrogens (primary N) is 1. The topological polar surface area (TPSA) is 88.8 Å². The number of hydrogen-bond acceptors (Lipinski definition) is 6. The van der Waals surface area contributed by atoms with Gasteiger partial charge in [-0.15, -0.1) is 0 Å². The van der Waals surface area contributed by atoms with Gasteiger partial charge in [0.2, 0.25) is 0 Å². The average molecular weight is 292 g/mol. The van der Waals surface area contributed by atoms with Gasteiger partial charge in [-0.2, -0.15) is 0 Å². The Morgan fingerprint density at radius 2 is 1.68 bits per heavy atom. The second-order valence-electron chi connectivity index (χ2n) is 4.85. The van der Waals surface area contributed by atoms with Crippen LogP contribution in [0.3, 0.4) is 0 Å². The molecule has 0 bridgehead atoms. The Labute approximate surface area is 128 Å². The van der Waals surface area contributed by atoms with Crippen molar-refractivity contribution in [3.8, 4) is 0 Å². The molecule has 3 aromatic rings. The number of aryl methyl sites for hydroxylation is 1. The van der Waals surface area contributed by atoms with Crippen molar-refractivity contribution in [1.29, 1.82) is 0 Å². The summed E-state index contributed by atoms with van der Waals surface area (Å²) in [5.41, 5.74) is 9.50. The number of nitrogens with zero attached hydrogens (tertiary/aromatic N) is 3. The molecule has 0 aliphatic carbocycles. The lowest BCUT2D eigenvalue weighted by atomic mass is 10.2. The summed E-state index contributed by atoms with van der Waals surface area (Å²) >= 11 is 0. The summed E-state index contributed by atoms with van der Waals surface area (Å²) in [6.07, 6.45) is 4.88. The number of benzene rings is 1. The third-order valence-corrected chi connectivity index (χ3v) is 3.09. The van der Waals surface area contributed by atoms with E-state index >= 15 is 0 Å². The molecule has 2 heterocycles. The van der Waals surface area contributed by atoms with Crippen LogP contribution < -0.4 is 16.4 Å². The lowest BCUT2D eigenvalue weighted by Crippen LogP contribution is -2.05. The Hall–Kier alpha value is -3.15. The Morgan fingerprint density at radius 1 is 0.955 bits per heavy atom. The molecule has 0 radical (unpaired) electrons. The van der Waals surface area contributed by atoms with Crippen LogP contribution in [0.4, 0.5) is 28.7 Å².